The molecule has 1 aromatic carbocycles. The summed E-state index contributed by atoms with van der Waals surface area (Å²) in [4.78, 5) is 17.7. The Morgan fingerprint density at radius 3 is 2.55 bits per heavy atom. The van der Waals surface area contributed by atoms with Crippen LogP contribution in [0, 0.1) is 27.7 Å². The van der Waals surface area contributed by atoms with Crippen LogP contribution in [0.5, 0.6) is 5.75 Å². The largest absolute Gasteiger partial charge is 0.485 e. The zero-order valence-electron chi connectivity index (χ0n) is 17.3. The number of carbonyl (C=O) groups excluding carboxylic acids is 1. The van der Waals surface area contributed by atoms with Gasteiger partial charge in [0.25, 0.3) is 0 Å². The molecular formula is C20H25N5O2S2. The van der Waals surface area contributed by atoms with Gasteiger partial charge in [-0.25, -0.2) is 4.98 Å². The number of hydrogen-bond acceptors (Lipinski definition) is 7. The highest BCUT2D eigenvalue weighted by molar-refractivity contribution is 7.99. The molecule has 2 aromatic heterocycles. The number of carbonyl (C=O) groups is 1. The van der Waals surface area contributed by atoms with E-state index < -0.39 is 0 Å². The standard InChI is InChI=1S/C20H25N5O2S2/c1-6-25-16(10-27-18-12(2)8-7-9-13(18)3)23-24-20(25)28-11-17(26)22-19-21-14(4)15(5)29-19/h7-9H,6,10-11H2,1-5H3,(H,21,22,26). The molecule has 154 valence electrons. The summed E-state index contributed by atoms with van der Waals surface area (Å²) in [7, 11) is 0. The second-order valence-electron chi connectivity index (χ2n) is 6.65. The molecule has 2 heterocycles. The molecule has 3 aromatic rings. The van der Waals surface area contributed by atoms with E-state index in [1.165, 1.54) is 23.1 Å². The third-order valence-corrected chi connectivity index (χ3v) is 6.43. The number of ether oxygens (including phenoxy) is 1. The number of thioether (sulfide) groups is 1. The van der Waals surface area contributed by atoms with Crippen molar-refractivity contribution in [3.8, 4) is 5.75 Å². The predicted molar refractivity (Wildman–Crippen MR) is 117 cm³/mol. The number of rotatable bonds is 8. The predicted octanol–water partition coefficient (Wildman–Crippen LogP) is 4.30. The van der Waals surface area contributed by atoms with Gasteiger partial charge < -0.3 is 14.6 Å². The zero-order valence-corrected chi connectivity index (χ0v) is 18.9. The van der Waals surface area contributed by atoms with Crippen LogP contribution < -0.4 is 10.1 Å². The number of nitrogens with one attached hydrogen (secondary N) is 1. The van der Waals surface area contributed by atoms with Gasteiger partial charge in [0.2, 0.25) is 5.91 Å². The van der Waals surface area contributed by atoms with Gasteiger partial charge in [-0.1, -0.05) is 30.0 Å². The van der Waals surface area contributed by atoms with E-state index in [-0.39, 0.29) is 11.7 Å². The van der Waals surface area contributed by atoms with E-state index >= 15 is 0 Å². The fourth-order valence-corrected chi connectivity index (χ4v) is 4.48. The molecule has 0 bridgehead atoms. The number of para-hydroxylation sites is 1. The molecule has 0 aliphatic carbocycles. The number of aromatic nitrogens is 4. The van der Waals surface area contributed by atoms with Crippen LogP contribution in [0.1, 0.15) is 34.4 Å². The van der Waals surface area contributed by atoms with Gasteiger partial charge >= 0.3 is 0 Å². The average molecular weight is 432 g/mol. The Labute approximate surface area is 178 Å². The van der Waals surface area contributed by atoms with Crippen LogP contribution in [-0.2, 0) is 17.9 Å². The van der Waals surface area contributed by atoms with Gasteiger partial charge in [0.15, 0.2) is 16.1 Å². The molecule has 0 aliphatic rings. The molecule has 1 amide bonds. The minimum absolute atomic E-state index is 0.109. The van der Waals surface area contributed by atoms with Crippen molar-refractivity contribution < 1.29 is 9.53 Å². The molecule has 1 N–H and O–H groups in total. The second kappa shape index (κ2) is 9.41. The summed E-state index contributed by atoms with van der Waals surface area (Å²) in [6, 6.07) is 6.07. The van der Waals surface area contributed by atoms with E-state index in [1.54, 1.807) is 0 Å². The maximum atomic E-state index is 12.3. The number of hydrogen-bond donors (Lipinski definition) is 1. The lowest BCUT2D eigenvalue weighted by Gasteiger charge is -2.12. The van der Waals surface area contributed by atoms with Crippen molar-refractivity contribution in [3.05, 3.63) is 45.7 Å². The van der Waals surface area contributed by atoms with Gasteiger partial charge in [0.05, 0.1) is 11.4 Å². The van der Waals surface area contributed by atoms with Gasteiger partial charge in [-0.2, -0.15) is 0 Å². The fraction of sp³-hybridized carbons (Fsp3) is 0.400. The van der Waals surface area contributed by atoms with Gasteiger partial charge in [-0.3, -0.25) is 4.79 Å². The molecule has 0 fully saturated rings. The van der Waals surface area contributed by atoms with Crippen molar-refractivity contribution in [1.29, 1.82) is 0 Å². The van der Waals surface area contributed by atoms with Crippen molar-refractivity contribution in [2.24, 2.45) is 0 Å². The molecule has 0 saturated carbocycles. The van der Waals surface area contributed by atoms with Gasteiger partial charge in [0, 0.05) is 11.4 Å². The lowest BCUT2D eigenvalue weighted by molar-refractivity contribution is -0.113. The molecule has 0 radical (unpaired) electrons. The summed E-state index contributed by atoms with van der Waals surface area (Å²) >= 11 is 2.84. The van der Waals surface area contributed by atoms with Crippen LogP contribution in [0.15, 0.2) is 23.4 Å². The van der Waals surface area contributed by atoms with Crippen LogP contribution >= 0.6 is 23.1 Å². The summed E-state index contributed by atoms with van der Waals surface area (Å²) in [5.41, 5.74) is 3.12. The molecule has 29 heavy (non-hydrogen) atoms. The zero-order chi connectivity index (χ0) is 21.0. The minimum Gasteiger partial charge on any atom is -0.485 e. The highest BCUT2D eigenvalue weighted by atomic mass is 32.2. The number of anilines is 1. The quantitative estimate of drug-likeness (QED) is 0.536. The number of benzene rings is 1. The topological polar surface area (TPSA) is 81.9 Å². The highest BCUT2D eigenvalue weighted by Crippen LogP contribution is 2.25. The van der Waals surface area contributed by atoms with Crippen LogP contribution in [0.2, 0.25) is 0 Å². The van der Waals surface area contributed by atoms with Crippen LogP contribution in [0.25, 0.3) is 0 Å². The first-order valence-electron chi connectivity index (χ1n) is 9.36. The van der Waals surface area contributed by atoms with Crippen LogP contribution in [0.3, 0.4) is 0 Å². The summed E-state index contributed by atoms with van der Waals surface area (Å²) in [6.07, 6.45) is 0. The summed E-state index contributed by atoms with van der Waals surface area (Å²) in [5, 5.41) is 12.7. The van der Waals surface area contributed by atoms with Crippen molar-refractivity contribution >= 4 is 34.1 Å². The lowest BCUT2D eigenvalue weighted by Crippen LogP contribution is -2.14. The minimum atomic E-state index is -0.109. The summed E-state index contributed by atoms with van der Waals surface area (Å²) < 4.78 is 7.98. The molecular weight excluding hydrogens is 406 g/mol. The second-order valence-corrected chi connectivity index (χ2v) is 8.80. The first-order valence-corrected chi connectivity index (χ1v) is 11.2. The number of aryl methyl sites for hydroxylation is 4. The Morgan fingerprint density at radius 1 is 1.21 bits per heavy atom. The molecule has 0 spiro atoms. The Morgan fingerprint density at radius 2 is 1.93 bits per heavy atom. The monoisotopic (exact) mass is 431 g/mol. The van der Waals surface area contributed by atoms with Crippen molar-refractivity contribution in [2.45, 2.75) is 52.9 Å². The summed E-state index contributed by atoms with van der Waals surface area (Å²) in [5.74, 6) is 1.75. The molecule has 9 heteroatoms. The molecule has 0 saturated heterocycles. The first-order chi connectivity index (χ1) is 13.9. The van der Waals surface area contributed by atoms with E-state index in [2.05, 4.69) is 20.5 Å². The lowest BCUT2D eigenvalue weighted by atomic mass is 10.1. The maximum absolute atomic E-state index is 12.3. The van der Waals surface area contributed by atoms with E-state index in [1.807, 2.05) is 57.4 Å². The maximum Gasteiger partial charge on any atom is 0.236 e. The molecule has 0 unspecified atom stereocenters. The number of amides is 1. The van der Waals surface area contributed by atoms with E-state index in [4.69, 9.17) is 4.74 Å². The number of thiazole rings is 1. The fourth-order valence-electron chi connectivity index (χ4n) is 2.83. The normalized spacial score (nSPS) is 10.9. The molecule has 0 atom stereocenters. The third-order valence-electron chi connectivity index (χ3n) is 4.47. The third kappa shape index (κ3) is 5.16. The van der Waals surface area contributed by atoms with E-state index in [0.29, 0.717) is 23.4 Å². The molecule has 3 rings (SSSR count). The van der Waals surface area contributed by atoms with Gasteiger partial charge in [-0.05, 0) is 45.7 Å². The SMILES string of the molecule is CCn1c(COc2c(C)cccc2C)nnc1SCC(=O)Nc1nc(C)c(C)s1. The average Bonchev–Trinajstić information content (AvgIpc) is 3.21. The van der Waals surface area contributed by atoms with Crippen molar-refractivity contribution in [2.75, 3.05) is 11.1 Å². The molecule has 7 nitrogen and oxygen atoms in total. The van der Waals surface area contributed by atoms with E-state index in [9.17, 15) is 4.79 Å². The van der Waals surface area contributed by atoms with E-state index in [0.717, 1.165) is 33.3 Å². The first kappa shape index (κ1) is 21.3. The Bertz CT molecular complexity index is 973. The highest BCUT2D eigenvalue weighted by Gasteiger charge is 2.15. The Kier molecular flexibility index (Phi) is 6.92. The van der Waals surface area contributed by atoms with Crippen LogP contribution in [-0.4, -0.2) is 31.4 Å². The van der Waals surface area contributed by atoms with Gasteiger partial charge in [-0.15, -0.1) is 21.5 Å². The smallest absolute Gasteiger partial charge is 0.236 e. The van der Waals surface area contributed by atoms with Crippen molar-refractivity contribution in [3.63, 3.8) is 0 Å². The van der Waals surface area contributed by atoms with Crippen LogP contribution in [0.4, 0.5) is 5.13 Å². The van der Waals surface area contributed by atoms with Gasteiger partial charge in [0.1, 0.15) is 12.4 Å². The number of nitrogens with zero attached hydrogens (tertiary/aromatic N) is 4. The summed E-state index contributed by atoms with van der Waals surface area (Å²) in [6.45, 7) is 11.0. The Hall–Kier alpha value is -2.39. The van der Waals surface area contributed by atoms with Crippen molar-refractivity contribution in [1.82, 2.24) is 19.7 Å². The Balaban J connectivity index is 1.61. The molecule has 0 aliphatic heterocycles.